The molecule has 2 aliphatic carbocycles. The molecule has 3 fully saturated rings. The van der Waals surface area contributed by atoms with Gasteiger partial charge in [-0.25, -0.2) is 0 Å². The smallest absolute Gasteiger partial charge is 0.253 e. The van der Waals surface area contributed by atoms with Gasteiger partial charge in [-0.3, -0.25) is 9.59 Å². The van der Waals surface area contributed by atoms with Crippen LogP contribution in [0.15, 0.2) is 60.8 Å². The third kappa shape index (κ3) is 4.61. The van der Waals surface area contributed by atoms with Crippen LogP contribution in [0.3, 0.4) is 0 Å². The minimum Gasteiger partial charge on any atom is -0.371 e. The lowest BCUT2D eigenvalue weighted by Crippen LogP contribution is -2.48. The van der Waals surface area contributed by atoms with E-state index in [1.54, 1.807) is 0 Å². The highest BCUT2D eigenvalue weighted by Crippen LogP contribution is 2.51. The Balaban J connectivity index is 1.21. The predicted octanol–water partition coefficient (Wildman–Crippen LogP) is 5.94. The van der Waals surface area contributed by atoms with Crippen molar-refractivity contribution in [2.75, 3.05) is 31.5 Å². The maximum Gasteiger partial charge on any atom is 0.253 e. The zero-order chi connectivity index (χ0) is 24.6. The second kappa shape index (κ2) is 9.18. The van der Waals surface area contributed by atoms with Crippen LogP contribution in [0.2, 0.25) is 0 Å². The number of nitrogens with zero attached hydrogens (tertiary/aromatic N) is 2. The summed E-state index contributed by atoms with van der Waals surface area (Å²) in [5.74, 6) is 0.227. The van der Waals surface area contributed by atoms with Gasteiger partial charge < -0.3 is 15.1 Å². The van der Waals surface area contributed by atoms with Gasteiger partial charge in [-0.2, -0.15) is 0 Å². The molecule has 1 aliphatic heterocycles. The quantitative estimate of drug-likeness (QED) is 0.543. The molecule has 2 aromatic carbocycles. The largest absolute Gasteiger partial charge is 0.371 e. The summed E-state index contributed by atoms with van der Waals surface area (Å²) >= 11 is 0. The van der Waals surface area contributed by atoms with Crippen LogP contribution in [0.1, 0.15) is 62.7 Å². The predicted molar refractivity (Wildman–Crippen MR) is 141 cm³/mol. The zero-order valence-corrected chi connectivity index (χ0v) is 21.1. The van der Waals surface area contributed by atoms with E-state index in [-0.39, 0.29) is 22.6 Å². The number of amides is 2. The fraction of sp³-hybridized carbons (Fsp3) is 0.467. The molecule has 35 heavy (non-hydrogen) atoms. The second-order valence-electron chi connectivity index (χ2n) is 10.9. The van der Waals surface area contributed by atoms with Gasteiger partial charge in [0.05, 0.1) is 0 Å². The van der Waals surface area contributed by atoms with Gasteiger partial charge in [-0.1, -0.05) is 51.1 Å². The molecule has 5 rings (SSSR count). The van der Waals surface area contributed by atoms with Crippen molar-refractivity contribution in [3.63, 3.8) is 0 Å². The maximum absolute atomic E-state index is 13.1. The van der Waals surface area contributed by atoms with Gasteiger partial charge in [0.25, 0.3) is 5.91 Å². The number of carbonyl (C=O) groups is 2. The van der Waals surface area contributed by atoms with Crippen LogP contribution < -0.4 is 5.32 Å². The highest BCUT2D eigenvalue weighted by molar-refractivity contribution is 5.97. The molecule has 2 saturated carbocycles. The number of allylic oxidation sites excluding steroid dienone is 1. The highest BCUT2D eigenvalue weighted by Gasteiger charge is 2.43. The van der Waals surface area contributed by atoms with E-state index in [1.807, 2.05) is 53.4 Å². The lowest BCUT2D eigenvalue weighted by Gasteiger charge is -2.39. The van der Waals surface area contributed by atoms with Crippen LogP contribution >= 0.6 is 0 Å². The first-order valence-corrected chi connectivity index (χ1v) is 13.1. The molecule has 2 amide bonds. The lowest BCUT2D eigenvalue weighted by molar-refractivity contribution is -0.130. The first kappa shape index (κ1) is 23.7. The summed E-state index contributed by atoms with van der Waals surface area (Å²) < 4.78 is 0. The molecule has 5 heteroatoms. The van der Waals surface area contributed by atoms with Crippen molar-refractivity contribution in [3.8, 4) is 11.1 Å². The molecule has 1 heterocycles. The molecule has 0 unspecified atom stereocenters. The average Bonchev–Trinajstić information content (AvgIpc) is 3.61. The Morgan fingerprint density at radius 1 is 0.914 bits per heavy atom. The molecule has 1 N–H and O–H groups in total. The number of rotatable bonds is 7. The van der Waals surface area contributed by atoms with E-state index >= 15 is 0 Å². The van der Waals surface area contributed by atoms with E-state index in [0.29, 0.717) is 0 Å². The van der Waals surface area contributed by atoms with Crippen LogP contribution in [0.4, 0.5) is 5.69 Å². The van der Waals surface area contributed by atoms with Gasteiger partial charge in [-0.15, -0.1) is 0 Å². The Labute approximate surface area is 209 Å². The Bertz CT molecular complexity index is 1120. The number of hydrogen-bond acceptors (Lipinski definition) is 3. The Morgan fingerprint density at radius 2 is 1.57 bits per heavy atom. The molecular weight excluding hydrogens is 434 g/mol. The molecule has 5 nitrogen and oxygen atoms in total. The summed E-state index contributed by atoms with van der Waals surface area (Å²) in [6, 6.07) is 15.8. The van der Waals surface area contributed by atoms with E-state index in [9.17, 15) is 9.59 Å². The van der Waals surface area contributed by atoms with Crippen molar-refractivity contribution >= 4 is 17.5 Å². The molecule has 184 valence electrons. The van der Waals surface area contributed by atoms with Crippen LogP contribution in [0.25, 0.3) is 11.1 Å². The summed E-state index contributed by atoms with van der Waals surface area (Å²) in [5, 5.41) is 3.13. The molecule has 1 saturated heterocycles. The summed E-state index contributed by atoms with van der Waals surface area (Å²) in [5.41, 5.74) is 4.95. The number of carbonyl (C=O) groups excluding carboxylic acids is 2. The van der Waals surface area contributed by atoms with Gasteiger partial charge in [0.15, 0.2) is 0 Å². The van der Waals surface area contributed by atoms with Crippen molar-refractivity contribution < 1.29 is 9.59 Å². The average molecular weight is 472 g/mol. The van der Waals surface area contributed by atoms with E-state index in [0.717, 1.165) is 74.2 Å². The zero-order valence-electron chi connectivity index (χ0n) is 21.1. The number of anilines is 1. The number of nitrogens with one attached hydrogen (secondary N) is 1. The lowest BCUT2D eigenvalue weighted by atomic mass is 9.66. The number of hydrogen-bond donors (Lipinski definition) is 1. The maximum atomic E-state index is 13.1. The van der Waals surface area contributed by atoms with Crippen LogP contribution in [0, 0.1) is 10.8 Å². The minimum absolute atomic E-state index is 0.0887. The molecular formula is C30H37N3O2. The Morgan fingerprint density at radius 3 is 2.14 bits per heavy atom. The third-order valence-electron chi connectivity index (χ3n) is 8.70. The van der Waals surface area contributed by atoms with E-state index < -0.39 is 0 Å². The van der Waals surface area contributed by atoms with Gasteiger partial charge in [-0.05, 0) is 67.5 Å². The van der Waals surface area contributed by atoms with Crippen LogP contribution in [0.5, 0.6) is 0 Å². The molecule has 3 aliphatic rings. The molecule has 0 radical (unpaired) electrons. The number of benzene rings is 2. The first-order valence-electron chi connectivity index (χ1n) is 13.1. The first-order chi connectivity index (χ1) is 16.8. The normalized spacial score (nSPS) is 20.1. The van der Waals surface area contributed by atoms with Crippen molar-refractivity contribution in [1.82, 2.24) is 9.80 Å². The highest BCUT2D eigenvalue weighted by atomic mass is 16.2. The van der Waals surface area contributed by atoms with E-state index in [1.165, 1.54) is 18.5 Å². The van der Waals surface area contributed by atoms with Gasteiger partial charge in [0.1, 0.15) is 0 Å². The molecule has 0 atom stereocenters. The number of piperazine rings is 1. The van der Waals surface area contributed by atoms with Crippen molar-refractivity contribution in [3.05, 3.63) is 66.4 Å². The summed E-state index contributed by atoms with van der Waals surface area (Å²) in [7, 11) is 0. The van der Waals surface area contributed by atoms with E-state index in [4.69, 9.17) is 0 Å². The van der Waals surface area contributed by atoms with Crippen molar-refractivity contribution in [2.45, 2.75) is 52.4 Å². The fourth-order valence-electron chi connectivity index (χ4n) is 5.41. The fourth-order valence-corrected chi connectivity index (χ4v) is 5.41. The van der Waals surface area contributed by atoms with Crippen molar-refractivity contribution in [2.24, 2.45) is 10.8 Å². The minimum atomic E-state index is -0.188. The van der Waals surface area contributed by atoms with Crippen molar-refractivity contribution in [1.29, 1.82) is 0 Å². The molecule has 0 bridgehead atoms. The third-order valence-corrected chi connectivity index (χ3v) is 8.70. The Kier molecular flexibility index (Phi) is 6.20. The van der Waals surface area contributed by atoms with Crippen LogP contribution in [-0.4, -0.2) is 47.8 Å². The summed E-state index contributed by atoms with van der Waals surface area (Å²) in [6.07, 6.45) is 6.44. The van der Waals surface area contributed by atoms with Crippen LogP contribution in [-0.2, 0) is 4.79 Å². The topological polar surface area (TPSA) is 52.6 Å². The van der Waals surface area contributed by atoms with Gasteiger partial charge in [0, 0.05) is 54.0 Å². The SMILES string of the molecule is C=C(N1CCN(C(=O)c2ccc(-c3cccc(NC(=O)C4(CC)CCC4)c3)cc2)CC1)C1(C)CC1. The Hall–Kier alpha value is -3.08. The summed E-state index contributed by atoms with van der Waals surface area (Å²) in [4.78, 5) is 30.2. The van der Waals surface area contributed by atoms with Gasteiger partial charge in [0.2, 0.25) is 5.91 Å². The summed E-state index contributed by atoms with van der Waals surface area (Å²) in [6.45, 7) is 11.9. The molecule has 0 spiro atoms. The standard InChI is InChI=1S/C30H37N3O2/c1-4-30(13-6-14-30)28(35)31-26-8-5-7-25(21-26)23-9-11-24(12-10-23)27(34)33-19-17-32(18-20-33)22(2)29(3)15-16-29/h5,7-12,21H,2,4,6,13-20H2,1,3H3,(H,31,35). The van der Waals surface area contributed by atoms with Gasteiger partial charge >= 0.3 is 0 Å². The monoisotopic (exact) mass is 471 g/mol. The second-order valence-corrected chi connectivity index (χ2v) is 10.9. The molecule has 0 aromatic heterocycles. The van der Waals surface area contributed by atoms with E-state index in [2.05, 4.69) is 30.6 Å². The molecule has 2 aromatic rings.